The van der Waals surface area contributed by atoms with Gasteiger partial charge >= 0.3 is 0 Å². The summed E-state index contributed by atoms with van der Waals surface area (Å²) >= 11 is 0. The predicted molar refractivity (Wildman–Crippen MR) is 99.1 cm³/mol. The maximum absolute atomic E-state index is 14.2. The highest BCUT2D eigenvalue weighted by atomic mass is 19.1. The molecule has 3 nitrogen and oxygen atoms in total. The van der Waals surface area contributed by atoms with E-state index in [4.69, 9.17) is 5.26 Å². The Balaban J connectivity index is 1.50. The smallest absolute Gasteiger partial charge is 0.141 e. The Hall–Kier alpha value is -2.22. The first-order chi connectivity index (χ1) is 12.7. The molecule has 26 heavy (non-hydrogen) atoms. The molecule has 4 heteroatoms. The van der Waals surface area contributed by atoms with Crippen molar-refractivity contribution in [1.82, 2.24) is 10.2 Å². The highest BCUT2D eigenvalue weighted by Gasteiger charge is 2.37. The molecule has 2 aromatic rings. The molecule has 132 valence electrons. The van der Waals surface area contributed by atoms with E-state index in [1.807, 2.05) is 12.1 Å². The molecule has 0 radical (unpaired) electrons. The van der Waals surface area contributed by atoms with Crippen molar-refractivity contribution in [2.24, 2.45) is 0 Å². The van der Waals surface area contributed by atoms with E-state index in [0.717, 1.165) is 30.8 Å². The Labute approximate surface area is 153 Å². The van der Waals surface area contributed by atoms with Gasteiger partial charge in [0, 0.05) is 31.7 Å². The molecule has 0 aromatic heterocycles. The standard InChI is InChI=1S/C22H22FN3/c23-21-8-15(6-7-16(21)10-24)20-3-1-2-17(22(20)14-4-5-14)11-26-12-18-9-19(13-26)25-18/h1-3,6-8,14,18-19,25H,4-5,9,11-13H2. The number of piperazine rings is 1. The van der Waals surface area contributed by atoms with Crippen LogP contribution in [0.2, 0.25) is 0 Å². The number of nitrogens with zero attached hydrogens (tertiary/aromatic N) is 2. The number of piperidine rings is 1. The lowest BCUT2D eigenvalue weighted by Gasteiger charge is -2.48. The molecule has 0 amide bonds. The van der Waals surface area contributed by atoms with Crippen molar-refractivity contribution in [3.05, 3.63) is 58.9 Å². The summed E-state index contributed by atoms with van der Waals surface area (Å²) in [7, 11) is 0. The third-order valence-electron chi connectivity index (χ3n) is 5.97. The molecule has 2 bridgehead atoms. The van der Waals surface area contributed by atoms with Crippen molar-refractivity contribution in [3.8, 4) is 17.2 Å². The first-order valence-electron chi connectivity index (χ1n) is 9.51. The molecule has 2 unspecified atom stereocenters. The number of hydrogen-bond donors (Lipinski definition) is 1. The van der Waals surface area contributed by atoms with Gasteiger partial charge in [0.25, 0.3) is 0 Å². The second-order valence-electron chi connectivity index (χ2n) is 7.95. The Morgan fingerprint density at radius 2 is 1.92 bits per heavy atom. The van der Waals surface area contributed by atoms with Crippen LogP contribution in [0.3, 0.4) is 0 Å². The zero-order valence-corrected chi connectivity index (χ0v) is 14.7. The highest BCUT2D eigenvalue weighted by molar-refractivity contribution is 5.71. The minimum atomic E-state index is -0.431. The van der Waals surface area contributed by atoms with Crippen LogP contribution in [0, 0.1) is 17.1 Å². The van der Waals surface area contributed by atoms with Gasteiger partial charge in [-0.3, -0.25) is 4.90 Å². The van der Waals surface area contributed by atoms with E-state index in [1.54, 1.807) is 6.07 Å². The maximum atomic E-state index is 14.2. The van der Waals surface area contributed by atoms with E-state index in [-0.39, 0.29) is 5.56 Å². The molecule has 4 aliphatic rings. The van der Waals surface area contributed by atoms with Gasteiger partial charge in [-0.2, -0.15) is 5.26 Å². The molecule has 1 aliphatic carbocycles. The van der Waals surface area contributed by atoms with E-state index in [1.165, 1.54) is 36.5 Å². The van der Waals surface area contributed by atoms with Gasteiger partial charge in [0.1, 0.15) is 11.9 Å². The van der Waals surface area contributed by atoms with Gasteiger partial charge in [0.2, 0.25) is 0 Å². The third kappa shape index (κ3) is 2.82. The summed E-state index contributed by atoms with van der Waals surface area (Å²) in [5, 5.41) is 12.6. The molecule has 4 fully saturated rings. The molecule has 3 heterocycles. The van der Waals surface area contributed by atoms with Crippen LogP contribution in [0.1, 0.15) is 41.9 Å². The number of benzene rings is 2. The summed E-state index contributed by atoms with van der Waals surface area (Å²) < 4.78 is 14.2. The SMILES string of the molecule is N#Cc1ccc(-c2cccc(CN3CC4CC(C3)N4)c2C2CC2)cc1F. The Bertz CT molecular complexity index is 881. The Morgan fingerprint density at radius 3 is 2.58 bits per heavy atom. The lowest BCUT2D eigenvalue weighted by Crippen LogP contribution is -2.66. The van der Waals surface area contributed by atoms with E-state index in [2.05, 4.69) is 28.4 Å². The lowest BCUT2D eigenvalue weighted by atomic mass is 9.89. The molecule has 0 spiro atoms. The summed E-state index contributed by atoms with van der Waals surface area (Å²) in [6.07, 6.45) is 3.75. The van der Waals surface area contributed by atoms with Crippen LogP contribution in [0.15, 0.2) is 36.4 Å². The van der Waals surface area contributed by atoms with Crippen molar-refractivity contribution in [3.63, 3.8) is 0 Å². The van der Waals surface area contributed by atoms with E-state index in [9.17, 15) is 4.39 Å². The number of nitrogens with one attached hydrogen (secondary N) is 1. The van der Waals surface area contributed by atoms with Gasteiger partial charge in [-0.05, 0) is 59.6 Å². The summed E-state index contributed by atoms with van der Waals surface area (Å²) in [4.78, 5) is 2.56. The van der Waals surface area contributed by atoms with E-state index < -0.39 is 5.82 Å². The van der Waals surface area contributed by atoms with Crippen LogP contribution in [0.4, 0.5) is 4.39 Å². The minimum absolute atomic E-state index is 0.109. The number of nitriles is 1. The third-order valence-corrected chi connectivity index (χ3v) is 5.97. The molecule has 2 atom stereocenters. The van der Waals surface area contributed by atoms with Gasteiger partial charge in [-0.25, -0.2) is 4.39 Å². The Morgan fingerprint density at radius 1 is 1.15 bits per heavy atom. The number of halogens is 1. The average Bonchev–Trinajstić information content (AvgIpc) is 3.46. The Kier molecular flexibility index (Phi) is 3.81. The molecule has 2 aromatic carbocycles. The van der Waals surface area contributed by atoms with Crippen molar-refractivity contribution in [2.45, 2.75) is 43.8 Å². The van der Waals surface area contributed by atoms with Crippen LogP contribution >= 0.6 is 0 Å². The summed E-state index contributed by atoms with van der Waals surface area (Å²) in [5.41, 5.74) is 4.90. The molecule has 1 N–H and O–H groups in total. The van der Waals surface area contributed by atoms with Crippen molar-refractivity contribution >= 4 is 0 Å². The summed E-state index contributed by atoms with van der Waals surface area (Å²) in [6.45, 7) is 3.22. The number of hydrogen-bond acceptors (Lipinski definition) is 3. The molecular weight excluding hydrogens is 325 g/mol. The van der Waals surface area contributed by atoms with Gasteiger partial charge < -0.3 is 5.32 Å². The molecule has 1 saturated carbocycles. The van der Waals surface area contributed by atoms with Crippen LogP contribution < -0.4 is 5.32 Å². The maximum Gasteiger partial charge on any atom is 0.141 e. The average molecular weight is 347 g/mol. The first-order valence-corrected chi connectivity index (χ1v) is 9.51. The second kappa shape index (κ2) is 6.19. The molecular formula is C22H22FN3. The summed E-state index contributed by atoms with van der Waals surface area (Å²) in [5.74, 6) is 0.164. The van der Waals surface area contributed by atoms with Crippen molar-refractivity contribution < 1.29 is 4.39 Å². The van der Waals surface area contributed by atoms with Crippen LogP contribution in [0.25, 0.3) is 11.1 Å². The van der Waals surface area contributed by atoms with Crippen LogP contribution in [-0.4, -0.2) is 30.1 Å². The van der Waals surface area contributed by atoms with Crippen molar-refractivity contribution in [2.75, 3.05) is 13.1 Å². The lowest BCUT2D eigenvalue weighted by molar-refractivity contribution is 0.0724. The summed E-state index contributed by atoms with van der Waals surface area (Å²) in [6, 6.07) is 14.7. The normalized spacial score (nSPS) is 24.8. The van der Waals surface area contributed by atoms with Gasteiger partial charge in [0.05, 0.1) is 5.56 Å². The zero-order valence-electron chi connectivity index (χ0n) is 14.7. The van der Waals surface area contributed by atoms with Crippen molar-refractivity contribution in [1.29, 1.82) is 5.26 Å². The molecule has 3 aliphatic heterocycles. The quantitative estimate of drug-likeness (QED) is 0.915. The topological polar surface area (TPSA) is 39.1 Å². The largest absolute Gasteiger partial charge is 0.309 e. The van der Waals surface area contributed by atoms with Crippen LogP contribution in [-0.2, 0) is 6.54 Å². The zero-order chi connectivity index (χ0) is 17.7. The predicted octanol–water partition coefficient (Wildman–Crippen LogP) is 3.79. The molecule has 3 saturated heterocycles. The van der Waals surface area contributed by atoms with Gasteiger partial charge in [-0.15, -0.1) is 0 Å². The molecule has 6 rings (SSSR count). The van der Waals surface area contributed by atoms with E-state index >= 15 is 0 Å². The van der Waals surface area contributed by atoms with Gasteiger partial charge in [-0.1, -0.05) is 24.3 Å². The fourth-order valence-electron chi connectivity index (χ4n) is 4.60. The van der Waals surface area contributed by atoms with Crippen LogP contribution in [0.5, 0.6) is 0 Å². The van der Waals surface area contributed by atoms with Gasteiger partial charge in [0.15, 0.2) is 0 Å². The first kappa shape index (κ1) is 16.0. The monoisotopic (exact) mass is 347 g/mol. The fraction of sp³-hybridized carbons (Fsp3) is 0.409. The number of fused-ring (bicyclic) bond motifs is 2. The highest BCUT2D eigenvalue weighted by Crippen LogP contribution is 2.46. The number of rotatable bonds is 4. The minimum Gasteiger partial charge on any atom is -0.309 e. The fourth-order valence-corrected chi connectivity index (χ4v) is 4.60. The second-order valence-corrected chi connectivity index (χ2v) is 7.95. The van der Waals surface area contributed by atoms with E-state index in [0.29, 0.717) is 18.0 Å².